The maximum Gasteiger partial charge on any atom is 0.251 e. The van der Waals surface area contributed by atoms with E-state index in [0.29, 0.717) is 17.3 Å². The number of rotatable bonds is 1. The monoisotopic (exact) mass is 204 g/mol. The fraction of sp³-hybridized carbons (Fsp3) is 0.273. The Hall–Kier alpha value is -1.84. The minimum absolute atomic E-state index is 0.207. The first kappa shape index (κ1) is 9.71. The number of phenolic OH excluding ortho intramolecular Hbond substituents is 1. The maximum absolute atomic E-state index is 9.91. The van der Waals surface area contributed by atoms with E-state index < -0.39 is 0 Å². The molecule has 0 amide bonds. The van der Waals surface area contributed by atoms with Gasteiger partial charge < -0.3 is 9.52 Å². The molecule has 0 saturated carbocycles. The van der Waals surface area contributed by atoms with E-state index in [2.05, 4.69) is 10.2 Å². The Morgan fingerprint density at radius 3 is 2.47 bits per heavy atom. The Morgan fingerprint density at radius 2 is 1.87 bits per heavy atom. The van der Waals surface area contributed by atoms with Gasteiger partial charge >= 0.3 is 0 Å². The number of aromatic nitrogens is 2. The molecule has 0 atom stereocenters. The average Bonchev–Trinajstić information content (AvgIpc) is 2.61. The molecule has 1 aromatic carbocycles. The number of aryl methyl sites for hydroxylation is 2. The molecule has 2 aromatic rings. The molecule has 2 rings (SSSR count). The molecule has 78 valence electrons. The smallest absolute Gasteiger partial charge is 0.251 e. The van der Waals surface area contributed by atoms with Crippen molar-refractivity contribution < 1.29 is 9.52 Å². The molecule has 1 aromatic heterocycles. The fourth-order valence-corrected chi connectivity index (χ4v) is 1.38. The molecule has 4 heteroatoms. The van der Waals surface area contributed by atoms with Crippen LogP contribution < -0.4 is 0 Å². The summed E-state index contributed by atoms with van der Waals surface area (Å²) in [5.74, 6) is 1.05. The van der Waals surface area contributed by atoms with E-state index in [1.807, 2.05) is 19.9 Å². The highest BCUT2D eigenvalue weighted by molar-refractivity contribution is 5.65. The van der Waals surface area contributed by atoms with Gasteiger partial charge in [-0.3, -0.25) is 0 Å². The van der Waals surface area contributed by atoms with Crippen molar-refractivity contribution in [3.05, 3.63) is 29.2 Å². The van der Waals surface area contributed by atoms with Crippen LogP contribution in [0.5, 0.6) is 5.75 Å². The van der Waals surface area contributed by atoms with Gasteiger partial charge in [0.2, 0.25) is 5.89 Å². The van der Waals surface area contributed by atoms with Crippen molar-refractivity contribution in [3.63, 3.8) is 0 Å². The van der Waals surface area contributed by atoms with Crippen LogP contribution in [0.2, 0.25) is 0 Å². The van der Waals surface area contributed by atoms with Gasteiger partial charge in [-0.05, 0) is 31.0 Å². The summed E-state index contributed by atoms with van der Waals surface area (Å²) in [6.07, 6.45) is 0. The van der Waals surface area contributed by atoms with Crippen molar-refractivity contribution in [1.82, 2.24) is 10.2 Å². The summed E-state index contributed by atoms with van der Waals surface area (Å²) in [4.78, 5) is 0. The number of phenols is 1. The minimum Gasteiger partial charge on any atom is -0.507 e. The number of hydrogen-bond donors (Lipinski definition) is 1. The Morgan fingerprint density at radius 1 is 1.13 bits per heavy atom. The van der Waals surface area contributed by atoms with Crippen LogP contribution in [0.4, 0.5) is 0 Å². The van der Waals surface area contributed by atoms with Crippen LogP contribution >= 0.6 is 0 Å². The molecule has 0 fully saturated rings. The molecule has 0 spiro atoms. The quantitative estimate of drug-likeness (QED) is 0.774. The number of hydrogen-bond acceptors (Lipinski definition) is 4. The third-order valence-corrected chi connectivity index (χ3v) is 2.46. The van der Waals surface area contributed by atoms with Gasteiger partial charge in [0.1, 0.15) is 5.75 Å². The predicted octanol–water partition coefficient (Wildman–Crippen LogP) is 2.37. The van der Waals surface area contributed by atoms with E-state index in [1.165, 1.54) is 0 Å². The average molecular weight is 204 g/mol. The summed E-state index contributed by atoms with van der Waals surface area (Å²) < 4.78 is 5.26. The Balaban J connectivity index is 2.59. The van der Waals surface area contributed by atoms with Gasteiger partial charge in [0, 0.05) is 6.92 Å². The SMILES string of the molecule is Cc1nnc(-c2ccc(C)c(C)c2O)o1. The number of benzene rings is 1. The standard InChI is InChI=1S/C11H12N2O2/c1-6-4-5-9(10(14)7(6)2)11-13-12-8(3)15-11/h4-5,14H,1-3H3. The highest BCUT2D eigenvalue weighted by Gasteiger charge is 2.13. The van der Waals surface area contributed by atoms with E-state index in [9.17, 15) is 5.11 Å². The fourth-order valence-electron chi connectivity index (χ4n) is 1.38. The Labute approximate surface area is 87.6 Å². The van der Waals surface area contributed by atoms with Gasteiger partial charge in [-0.1, -0.05) is 6.07 Å². The molecule has 0 aliphatic rings. The van der Waals surface area contributed by atoms with E-state index >= 15 is 0 Å². The van der Waals surface area contributed by atoms with Crippen molar-refractivity contribution in [2.24, 2.45) is 0 Å². The molecule has 0 aliphatic carbocycles. The summed E-state index contributed by atoms with van der Waals surface area (Å²) in [6, 6.07) is 3.70. The number of aromatic hydroxyl groups is 1. The van der Waals surface area contributed by atoms with Gasteiger partial charge in [0.05, 0.1) is 5.56 Å². The molecular formula is C11H12N2O2. The zero-order valence-electron chi connectivity index (χ0n) is 8.90. The largest absolute Gasteiger partial charge is 0.507 e. The predicted molar refractivity (Wildman–Crippen MR) is 55.6 cm³/mol. The normalized spacial score (nSPS) is 10.6. The van der Waals surface area contributed by atoms with Crippen LogP contribution in [0.3, 0.4) is 0 Å². The van der Waals surface area contributed by atoms with E-state index in [4.69, 9.17) is 4.42 Å². The maximum atomic E-state index is 9.91. The highest BCUT2D eigenvalue weighted by Crippen LogP contribution is 2.32. The molecule has 0 aliphatic heterocycles. The van der Waals surface area contributed by atoms with Crippen molar-refractivity contribution in [2.45, 2.75) is 20.8 Å². The number of nitrogens with zero attached hydrogens (tertiary/aromatic N) is 2. The third kappa shape index (κ3) is 1.58. The van der Waals surface area contributed by atoms with Gasteiger partial charge in [-0.15, -0.1) is 10.2 Å². The van der Waals surface area contributed by atoms with Crippen molar-refractivity contribution in [3.8, 4) is 17.2 Å². The van der Waals surface area contributed by atoms with E-state index in [0.717, 1.165) is 11.1 Å². The lowest BCUT2D eigenvalue weighted by Crippen LogP contribution is -1.86. The first-order chi connectivity index (χ1) is 7.09. The summed E-state index contributed by atoms with van der Waals surface area (Å²) in [6.45, 7) is 5.52. The lowest BCUT2D eigenvalue weighted by Gasteiger charge is -2.05. The second-order valence-electron chi connectivity index (χ2n) is 3.53. The van der Waals surface area contributed by atoms with Gasteiger partial charge in [0.25, 0.3) is 5.89 Å². The van der Waals surface area contributed by atoms with Crippen LogP contribution in [-0.2, 0) is 0 Å². The highest BCUT2D eigenvalue weighted by atomic mass is 16.4. The van der Waals surface area contributed by atoms with Gasteiger partial charge in [0.15, 0.2) is 0 Å². The molecule has 15 heavy (non-hydrogen) atoms. The molecular weight excluding hydrogens is 192 g/mol. The molecule has 4 nitrogen and oxygen atoms in total. The Bertz CT molecular complexity index is 503. The first-order valence-corrected chi connectivity index (χ1v) is 4.69. The summed E-state index contributed by atoms with van der Waals surface area (Å²) >= 11 is 0. The lowest BCUT2D eigenvalue weighted by molar-refractivity contribution is 0.466. The zero-order valence-corrected chi connectivity index (χ0v) is 8.90. The zero-order chi connectivity index (χ0) is 11.0. The van der Waals surface area contributed by atoms with Crippen LogP contribution in [-0.4, -0.2) is 15.3 Å². The second-order valence-corrected chi connectivity index (χ2v) is 3.53. The van der Waals surface area contributed by atoms with Crippen LogP contribution in [0, 0.1) is 20.8 Å². The Kier molecular flexibility index (Phi) is 2.19. The topological polar surface area (TPSA) is 59.2 Å². The molecule has 0 saturated heterocycles. The van der Waals surface area contributed by atoms with E-state index in [1.54, 1.807) is 13.0 Å². The lowest BCUT2D eigenvalue weighted by atomic mass is 10.0. The van der Waals surface area contributed by atoms with Gasteiger partial charge in [-0.25, -0.2) is 0 Å². The molecule has 0 bridgehead atoms. The summed E-state index contributed by atoms with van der Waals surface area (Å²) in [5, 5.41) is 17.5. The van der Waals surface area contributed by atoms with Crippen molar-refractivity contribution >= 4 is 0 Å². The van der Waals surface area contributed by atoms with Crippen molar-refractivity contribution in [1.29, 1.82) is 0 Å². The molecule has 0 unspecified atom stereocenters. The van der Waals surface area contributed by atoms with Crippen LogP contribution in [0.25, 0.3) is 11.5 Å². The van der Waals surface area contributed by atoms with Crippen molar-refractivity contribution in [2.75, 3.05) is 0 Å². The van der Waals surface area contributed by atoms with Crippen LogP contribution in [0.1, 0.15) is 17.0 Å². The first-order valence-electron chi connectivity index (χ1n) is 4.69. The summed E-state index contributed by atoms with van der Waals surface area (Å²) in [5.41, 5.74) is 2.45. The van der Waals surface area contributed by atoms with Gasteiger partial charge in [-0.2, -0.15) is 0 Å². The second kappa shape index (κ2) is 3.38. The van der Waals surface area contributed by atoms with Crippen LogP contribution in [0.15, 0.2) is 16.5 Å². The summed E-state index contributed by atoms with van der Waals surface area (Å²) in [7, 11) is 0. The molecule has 0 radical (unpaired) electrons. The van der Waals surface area contributed by atoms with E-state index in [-0.39, 0.29) is 5.75 Å². The minimum atomic E-state index is 0.207. The molecule has 1 heterocycles. The third-order valence-electron chi connectivity index (χ3n) is 2.46. The molecule has 1 N–H and O–H groups in total.